The quantitative estimate of drug-likeness (QED) is 0.717. The number of rotatable bonds is 2. The van der Waals surface area contributed by atoms with Crippen molar-refractivity contribution >= 4 is 0 Å². The van der Waals surface area contributed by atoms with Crippen molar-refractivity contribution in [1.82, 2.24) is 20.5 Å². The van der Waals surface area contributed by atoms with E-state index in [1.54, 1.807) is 0 Å². The van der Waals surface area contributed by atoms with Gasteiger partial charge in [-0.3, -0.25) is 5.10 Å². The third-order valence-corrected chi connectivity index (χ3v) is 3.21. The topological polar surface area (TPSA) is 56.5 Å². The van der Waals surface area contributed by atoms with E-state index in [0.29, 0.717) is 5.92 Å². The van der Waals surface area contributed by atoms with Gasteiger partial charge >= 0.3 is 0 Å². The summed E-state index contributed by atoms with van der Waals surface area (Å²) in [5.41, 5.74) is 3.33. The van der Waals surface area contributed by atoms with Crippen molar-refractivity contribution in [2.45, 2.75) is 18.8 Å². The molecule has 2 aromatic heterocycles. The number of hydrogen-bond acceptors (Lipinski definition) is 2. The van der Waals surface area contributed by atoms with Crippen LogP contribution in [-0.2, 0) is 0 Å². The Morgan fingerprint density at radius 3 is 3.12 bits per heavy atom. The third kappa shape index (κ3) is 1.76. The smallest absolute Gasteiger partial charge is 0.109 e. The van der Waals surface area contributed by atoms with Crippen LogP contribution in [-0.4, -0.2) is 28.3 Å². The van der Waals surface area contributed by atoms with Gasteiger partial charge in [0.15, 0.2) is 0 Å². The summed E-state index contributed by atoms with van der Waals surface area (Å²) in [7, 11) is 0. The Kier molecular flexibility index (Phi) is 2.50. The second kappa shape index (κ2) is 4.14. The molecule has 1 aliphatic rings. The maximum absolute atomic E-state index is 4.35. The number of hydrogen-bond donors (Lipinski definition) is 3. The van der Waals surface area contributed by atoms with E-state index in [2.05, 4.69) is 26.6 Å². The molecule has 3 rings (SSSR count). The summed E-state index contributed by atoms with van der Waals surface area (Å²) in [4.78, 5) is 3.17. The fourth-order valence-corrected chi connectivity index (χ4v) is 2.29. The summed E-state index contributed by atoms with van der Waals surface area (Å²) in [5, 5.41) is 10.9. The van der Waals surface area contributed by atoms with Gasteiger partial charge in [0.2, 0.25) is 0 Å². The fourth-order valence-electron chi connectivity index (χ4n) is 2.29. The minimum absolute atomic E-state index is 0.588. The minimum atomic E-state index is 0.588. The van der Waals surface area contributed by atoms with Gasteiger partial charge in [-0.05, 0) is 37.6 Å². The van der Waals surface area contributed by atoms with Gasteiger partial charge in [0.05, 0.1) is 5.69 Å². The third-order valence-electron chi connectivity index (χ3n) is 3.21. The lowest BCUT2D eigenvalue weighted by Gasteiger charge is -2.21. The molecule has 4 nitrogen and oxygen atoms in total. The largest absolute Gasteiger partial charge is 0.360 e. The summed E-state index contributed by atoms with van der Waals surface area (Å²) in [6.07, 6.45) is 4.42. The number of nitrogens with one attached hydrogen (secondary N) is 3. The van der Waals surface area contributed by atoms with E-state index in [4.69, 9.17) is 0 Å². The molecule has 1 aliphatic heterocycles. The fraction of sp³-hybridized carbons (Fsp3) is 0.417. The zero-order valence-electron chi connectivity index (χ0n) is 9.16. The molecule has 3 N–H and O–H groups in total. The van der Waals surface area contributed by atoms with Gasteiger partial charge in [-0.2, -0.15) is 5.10 Å². The number of H-pyrrole nitrogens is 2. The van der Waals surface area contributed by atoms with E-state index in [1.807, 2.05) is 18.3 Å². The van der Waals surface area contributed by atoms with Crippen LogP contribution in [0.25, 0.3) is 11.4 Å². The van der Waals surface area contributed by atoms with E-state index in [-0.39, 0.29) is 0 Å². The van der Waals surface area contributed by atoms with Crippen molar-refractivity contribution in [2.75, 3.05) is 13.1 Å². The van der Waals surface area contributed by atoms with Gasteiger partial charge < -0.3 is 10.3 Å². The van der Waals surface area contributed by atoms with Crippen molar-refractivity contribution in [3.63, 3.8) is 0 Å². The van der Waals surface area contributed by atoms with Gasteiger partial charge in [0.25, 0.3) is 0 Å². The first-order chi connectivity index (χ1) is 7.93. The van der Waals surface area contributed by atoms with Gasteiger partial charge in [0.1, 0.15) is 5.69 Å². The summed E-state index contributed by atoms with van der Waals surface area (Å²) >= 11 is 0. The van der Waals surface area contributed by atoms with Crippen LogP contribution >= 0.6 is 0 Å². The van der Waals surface area contributed by atoms with E-state index < -0.39 is 0 Å². The Morgan fingerprint density at radius 1 is 1.38 bits per heavy atom. The van der Waals surface area contributed by atoms with Crippen molar-refractivity contribution in [2.24, 2.45) is 0 Å². The molecule has 1 atom stereocenters. The standard InChI is InChI=1S/C12H16N4/c1-3-9(8-13-5-1)11-7-12(16-15-11)10-4-2-6-14-10/h2,4,6-7,9,13-14H,1,3,5,8H2,(H,15,16). The lowest BCUT2D eigenvalue weighted by molar-refractivity contribution is 0.454. The van der Waals surface area contributed by atoms with Crippen LogP contribution in [0.15, 0.2) is 24.4 Å². The highest BCUT2D eigenvalue weighted by Gasteiger charge is 2.17. The Balaban J connectivity index is 1.82. The molecule has 1 fully saturated rings. The van der Waals surface area contributed by atoms with Gasteiger partial charge in [-0.25, -0.2) is 0 Å². The molecule has 0 aromatic carbocycles. The molecule has 1 saturated heterocycles. The SMILES string of the molecule is c1c[nH]c(-c2cc(C3CCCNC3)[nH]n2)c1. The molecular formula is C12H16N4. The second-order valence-electron chi connectivity index (χ2n) is 4.34. The predicted molar refractivity (Wildman–Crippen MR) is 63.2 cm³/mol. The highest BCUT2D eigenvalue weighted by atomic mass is 15.1. The minimum Gasteiger partial charge on any atom is -0.360 e. The first-order valence-electron chi connectivity index (χ1n) is 5.83. The highest BCUT2D eigenvalue weighted by molar-refractivity contribution is 5.54. The molecule has 84 valence electrons. The molecule has 2 aromatic rings. The zero-order chi connectivity index (χ0) is 10.8. The first-order valence-corrected chi connectivity index (χ1v) is 5.83. The van der Waals surface area contributed by atoms with E-state index in [9.17, 15) is 0 Å². The van der Waals surface area contributed by atoms with Crippen LogP contribution in [0.3, 0.4) is 0 Å². The summed E-state index contributed by atoms with van der Waals surface area (Å²) in [6, 6.07) is 6.19. The van der Waals surface area contributed by atoms with Crippen molar-refractivity contribution in [1.29, 1.82) is 0 Å². The number of nitrogens with zero attached hydrogens (tertiary/aromatic N) is 1. The molecule has 0 bridgehead atoms. The second-order valence-corrected chi connectivity index (χ2v) is 4.34. The molecular weight excluding hydrogens is 200 g/mol. The zero-order valence-corrected chi connectivity index (χ0v) is 9.16. The highest BCUT2D eigenvalue weighted by Crippen LogP contribution is 2.24. The van der Waals surface area contributed by atoms with E-state index >= 15 is 0 Å². The molecule has 3 heterocycles. The Hall–Kier alpha value is -1.55. The van der Waals surface area contributed by atoms with Crippen LogP contribution in [0, 0.1) is 0 Å². The average molecular weight is 216 g/mol. The maximum Gasteiger partial charge on any atom is 0.109 e. The van der Waals surface area contributed by atoms with Crippen molar-refractivity contribution in [3.05, 3.63) is 30.1 Å². The maximum atomic E-state index is 4.35. The molecule has 0 radical (unpaired) electrons. The number of piperidine rings is 1. The van der Waals surface area contributed by atoms with Gasteiger partial charge in [-0.1, -0.05) is 0 Å². The molecule has 16 heavy (non-hydrogen) atoms. The van der Waals surface area contributed by atoms with Gasteiger partial charge in [-0.15, -0.1) is 0 Å². The van der Waals surface area contributed by atoms with Crippen LogP contribution in [0.5, 0.6) is 0 Å². The normalized spacial score (nSPS) is 21.1. The Labute approximate surface area is 94.5 Å². The Bertz CT molecular complexity index is 437. The van der Waals surface area contributed by atoms with Crippen LogP contribution in [0.1, 0.15) is 24.5 Å². The first kappa shape index (κ1) is 9.66. The molecule has 0 saturated carbocycles. The van der Waals surface area contributed by atoms with Crippen LogP contribution < -0.4 is 5.32 Å². The van der Waals surface area contributed by atoms with Crippen molar-refractivity contribution in [3.8, 4) is 11.4 Å². The summed E-state index contributed by atoms with van der Waals surface area (Å²) in [5.74, 6) is 0.588. The van der Waals surface area contributed by atoms with Crippen LogP contribution in [0.4, 0.5) is 0 Å². The molecule has 0 aliphatic carbocycles. The molecule has 0 amide bonds. The number of aromatic amines is 2. The lowest BCUT2D eigenvalue weighted by Crippen LogP contribution is -2.28. The van der Waals surface area contributed by atoms with E-state index in [1.165, 1.54) is 18.5 Å². The predicted octanol–water partition coefficient (Wildman–Crippen LogP) is 1.87. The van der Waals surface area contributed by atoms with Gasteiger partial charge in [0, 0.05) is 24.4 Å². The van der Waals surface area contributed by atoms with E-state index in [0.717, 1.165) is 24.5 Å². The summed E-state index contributed by atoms with van der Waals surface area (Å²) < 4.78 is 0. The molecule has 0 spiro atoms. The molecule has 4 heteroatoms. The molecule has 1 unspecified atom stereocenters. The number of aromatic nitrogens is 3. The monoisotopic (exact) mass is 216 g/mol. The van der Waals surface area contributed by atoms with Crippen LogP contribution in [0.2, 0.25) is 0 Å². The lowest BCUT2D eigenvalue weighted by atomic mass is 9.96. The van der Waals surface area contributed by atoms with Crippen molar-refractivity contribution < 1.29 is 0 Å². The summed E-state index contributed by atoms with van der Waals surface area (Å²) in [6.45, 7) is 2.21. The Morgan fingerprint density at radius 2 is 2.38 bits per heavy atom. The average Bonchev–Trinajstić information content (AvgIpc) is 3.01.